The zero-order chi connectivity index (χ0) is 20.9. The Morgan fingerprint density at radius 2 is 1.97 bits per heavy atom. The molecule has 0 radical (unpaired) electrons. The molecule has 0 fully saturated rings. The van der Waals surface area contributed by atoms with Crippen LogP contribution in [0.3, 0.4) is 0 Å². The summed E-state index contributed by atoms with van der Waals surface area (Å²) in [7, 11) is 1.82. The number of halogens is 1. The Bertz CT molecular complexity index is 1300. The van der Waals surface area contributed by atoms with E-state index in [1.54, 1.807) is 4.57 Å². The highest BCUT2D eigenvalue weighted by atomic mass is 79.9. The highest BCUT2D eigenvalue weighted by molar-refractivity contribution is 9.10. The quantitative estimate of drug-likeness (QED) is 0.448. The van der Waals surface area contributed by atoms with Gasteiger partial charge in [-0.15, -0.1) is 0 Å². The van der Waals surface area contributed by atoms with E-state index in [2.05, 4.69) is 44.3 Å². The number of hydrogen-bond donors (Lipinski definition) is 1. The largest absolute Gasteiger partial charge is 0.376 e. The molecule has 3 aromatic heterocycles. The molecule has 7 heteroatoms. The molecule has 1 aromatic carbocycles. The van der Waals surface area contributed by atoms with Gasteiger partial charge < -0.3 is 5.32 Å². The van der Waals surface area contributed by atoms with Crippen LogP contribution in [0.15, 0.2) is 39.9 Å². The number of nitrogens with one attached hydrogen (secondary N) is 1. The van der Waals surface area contributed by atoms with Gasteiger partial charge in [-0.05, 0) is 73.0 Å². The molecule has 0 aliphatic rings. The summed E-state index contributed by atoms with van der Waals surface area (Å²) in [6.07, 6.45) is 1.87. The number of rotatable bonds is 4. The maximum Gasteiger partial charge on any atom is 0.259 e. The second-order valence-corrected chi connectivity index (χ2v) is 8.25. The number of anilines is 1. The predicted molar refractivity (Wildman–Crippen MR) is 122 cm³/mol. The molecule has 3 heterocycles. The lowest BCUT2D eigenvalue weighted by molar-refractivity contribution is 0.659. The molecule has 1 unspecified atom stereocenters. The second kappa shape index (κ2) is 7.30. The van der Waals surface area contributed by atoms with Gasteiger partial charge >= 0.3 is 0 Å². The third-order valence-electron chi connectivity index (χ3n) is 5.37. The highest BCUT2D eigenvalue weighted by Crippen LogP contribution is 2.33. The first kappa shape index (κ1) is 19.6. The van der Waals surface area contributed by atoms with Gasteiger partial charge in [0, 0.05) is 41.5 Å². The van der Waals surface area contributed by atoms with E-state index in [0.29, 0.717) is 6.54 Å². The van der Waals surface area contributed by atoms with Crippen molar-refractivity contribution in [1.29, 1.82) is 0 Å². The molecule has 0 saturated heterocycles. The van der Waals surface area contributed by atoms with Gasteiger partial charge in [0.25, 0.3) is 5.56 Å². The van der Waals surface area contributed by atoms with E-state index in [4.69, 9.17) is 0 Å². The van der Waals surface area contributed by atoms with Gasteiger partial charge in [0.15, 0.2) is 0 Å². The summed E-state index contributed by atoms with van der Waals surface area (Å²) in [6, 6.07) is 8.09. The fourth-order valence-corrected chi connectivity index (χ4v) is 4.51. The highest BCUT2D eigenvalue weighted by Gasteiger charge is 2.19. The van der Waals surface area contributed by atoms with Crippen LogP contribution in [-0.4, -0.2) is 19.3 Å². The van der Waals surface area contributed by atoms with Gasteiger partial charge in [-0.25, -0.2) is 9.67 Å². The number of benzene rings is 1. The second-order valence-electron chi connectivity index (χ2n) is 7.50. The van der Waals surface area contributed by atoms with Crippen molar-refractivity contribution in [3.63, 3.8) is 0 Å². The molecule has 0 aliphatic carbocycles. The third-order valence-corrected chi connectivity index (χ3v) is 5.98. The molecule has 1 N–H and O–H groups in total. The molecule has 0 aliphatic heterocycles. The van der Waals surface area contributed by atoms with Crippen LogP contribution in [0.5, 0.6) is 0 Å². The number of hydrogen-bond acceptors (Lipinski definition) is 4. The van der Waals surface area contributed by atoms with Gasteiger partial charge in [-0.3, -0.25) is 9.36 Å². The SMILES string of the molecule is CCn1ncc2c3c(C(C)Nc4ccc(C)nc4Br)cc(C)cc3c(=O)n(C)c21. The average molecular weight is 454 g/mol. The van der Waals surface area contributed by atoms with Gasteiger partial charge in [-0.1, -0.05) is 6.07 Å². The van der Waals surface area contributed by atoms with Crippen LogP contribution in [0.4, 0.5) is 5.69 Å². The van der Waals surface area contributed by atoms with Crippen molar-refractivity contribution >= 4 is 43.4 Å². The summed E-state index contributed by atoms with van der Waals surface area (Å²) in [5.41, 5.74) is 4.85. The summed E-state index contributed by atoms with van der Waals surface area (Å²) < 4.78 is 4.36. The average Bonchev–Trinajstić information content (AvgIpc) is 3.11. The maximum atomic E-state index is 13.2. The summed E-state index contributed by atoms with van der Waals surface area (Å²) in [5, 5.41) is 10.7. The normalized spacial score (nSPS) is 12.6. The Balaban J connectivity index is 1.97. The number of aryl methyl sites for hydroxylation is 4. The smallest absolute Gasteiger partial charge is 0.259 e. The van der Waals surface area contributed by atoms with E-state index in [1.165, 1.54) is 0 Å². The first-order valence-electron chi connectivity index (χ1n) is 9.70. The molecule has 1 atom stereocenters. The van der Waals surface area contributed by atoms with Crippen LogP contribution in [0, 0.1) is 13.8 Å². The van der Waals surface area contributed by atoms with Crippen LogP contribution in [0.2, 0.25) is 0 Å². The lowest BCUT2D eigenvalue weighted by atomic mass is 9.96. The molecule has 4 rings (SSSR count). The molecule has 0 saturated carbocycles. The zero-order valence-corrected chi connectivity index (χ0v) is 18.8. The minimum Gasteiger partial charge on any atom is -0.376 e. The van der Waals surface area contributed by atoms with Gasteiger partial charge in [0.2, 0.25) is 0 Å². The topological polar surface area (TPSA) is 64.7 Å². The van der Waals surface area contributed by atoms with Crippen LogP contribution in [-0.2, 0) is 13.6 Å². The molecule has 0 bridgehead atoms. The lowest BCUT2D eigenvalue weighted by Crippen LogP contribution is -2.20. The van der Waals surface area contributed by atoms with E-state index in [0.717, 1.165) is 48.9 Å². The molecular formula is C22H24BrN5O. The minimum atomic E-state index is -0.0292. The lowest BCUT2D eigenvalue weighted by Gasteiger charge is -2.20. The summed E-state index contributed by atoms with van der Waals surface area (Å²) in [4.78, 5) is 17.6. The van der Waals surface area contributed by atoms with Gasteiger partial charge in [0.1, 0.15) is 10.3 Å². The monoisotopic (exact) mass is 453 g/mol. The number of aromatic nitrogens is 4. The van der Waals surface area contributed by atoms with Crippen molar-refractivity contribution in [3.8, 4) is 0 Å². The molecule has 0 spiro atoms. The number of fused-ring (bicyclic) bond motifs is 3. The summed E-state index contributed by atoms with van der Waals surface area (Å²) >= 11 is 3.55. The molecule has 29 heavy (non-hydrogen) atoms. The van der Waals surface area contributed by atoms with Gasteiger partial charge in [-0.2, -0.15) is 5.10 Å². The first-order valence-corrected chi connectivity index (χ1v) is 10.5. The summed E-state index contributed by atoms with van der Waals surface area (Å²) in [6.45, 7) is 8.83. The maximum absolute atomic E-state index is 13.2. The van der Waals surface area contributed by atoms with E-state index in [1.807, 2.05) is 56.9 Å². The van der Waals surface area contributed by atoms with Crippen LogP contribution >= 0.6 is 15.9 Å². The predicted octanol–water partition coefficient (Wildman–Crippen LogP) is 4.86. The Morgan fingerprint density at radius 1 is 1.21 bits per heavy atom. The van der Waals surface area contributed by atoms with E-state index in [-0.39, 0.29) is 11.6 Å². The number of pyridine rings is 2. The Labute approximate surface area is 177 Å². The summed E-state index contributed by atoms with van der Waals surface area (Å²) in [5.74, 6) is 0. The van der Waals surface area contributed by atoms with Gasteiger partial charge in [0.05, 0.1) is 11.9 Å². The van der Waals surface area contributed by atoms with Crippen LogP contribution < -0.4 is 10.9 Å². The Morgan fingerprint density at radius 3 is 2.66 bits per heavy atom. The first-order chi connectivity index (χ1) is 13.8. The van der Waals surface area contributed by atoms with Crippen molar-refractivity contribution in [3.05, 3.63) is 62.2 Å². The molecule has 6 nitrogen and oxygen atoms in total. The van der Waals surface area contributed by atoms with Crippen molar-refractivity contribution in [1.82, 2.24) is 19.3 Å². The zero-order valence-electron chi connectivity index (χ0n) is 17.2. The van der Waals surface area contributed by atoms with Crippen molar-refractivity contribution in [2.75, 3.05) is 5.32 Å². The fraction of sp³-hybridized carbons (Fsp3) is 0.318. The standard InChI is InChI=1S/C22H24BrN5O/c1-6-28-21-17(11-24-28)19-15(9-12(2)10-16(19)22(29)27(21)5)14(4)26-18-8-7-13(3)25-20(18)23/h7-11,14,26H,6H2,1-5H3. The third kappa shape index (κ3) is 3.23. The Hall–Kier alpha value is -2.67. The van der Waals surface area contributed by atoms with E-state index >= 15 is 0 Å². The van der Waals surface area contributed by atoms with E-state index < -0.39 is 0 Å². The Kier molecular flexibility index (Phi) is 4.94. The molecule has 4 aromatic rings. The molecule has 0 amide bonds. The van der Waals surface area contributed by atoms with Crippen LogP contribution in [0.25, 0.3) is 21.8 Å². The minimum absolute atomic E-state index is 0.00182. The van der Waals surface area contributed by atoms with Crippen LogP contribution in [0.1, 0.15) is 36.7 Å². The fourth-order valence-electron chi connectivity index (χ4n) is 3.99. The van der Waals surface area contributed by atoms with Crippen molar-refractivity contribution in [2.24, 2.45) is 7.05 Å². The molecular weight excluding hydrogens is 430 g/mol. The van der Waals surface area contributed by atoms with Crippen molar-refractivity contribution < 1.29 is 0 Å². The van der Waals surface area contributed by atoms with E-state index in [9.17, 15) is 4.79 Å². The van der Waals surface area contributed by atoms with Crippen molar-refractivity contribution in [2.45, 2.75) is 40.3 Å². The molecule has 150 valence electrons. The number of nitrogens with zero attached hydrogens (tertiary/aromatic N) is 4.